The van der Waals surface area contributed by atoms with Crippen LogP contribution in [-0.2, 0) is 20.2 Å². The zero-order valence-corrected chi connectivity index (χ0v) is 14.8. The number of carbonyl (C=O) groups is 1. The van der Waals surface area contributed by atoms with Gasteiger partial charge >= 0.3 is 0 Å². The molecule has 0 saturated carbocycles. The van der Waals surface area contributed by atoms with Gasteiger partial charge in [0, 0.05) is 19.8 Å². The summed E-state index contributed by atoms with van der Waals surface area (Å²) in [7, 11) is 3.37. The quantitative estimate of drug-likeness (QED) is 0.711. The summed E-state index contributed by atoms with van der Waals surface area (Å²) in [5.74, 6) is 1.13. The first kappa shape index (κ1) is 17.5. The highest BCUT2D eigenvalue weighted by Crippen LogP contribution is 2.28. The van der Waals surface area contributed by atoms with Gasteiger partial charge in [-0.2, -0.15) is 5.10 Å². The van der Waals surface area contributed by atoms with Gasteiger partial charge in [-0.05, 0) is 23.3 Å². The molecule has 1 amide bonds. The van der Waals surface area contributed by atoms with E-state index in [0.29, 0.717) is 30.2 Å². The Balaban J connectivity index is 1.61. The predicted octanol–water partition coefficient (Wildman–Crippen LogP) is 2.94. The average molecular weight is 351 g/mol. The molecule has 0 unspecified atom stereocenters. The standard InChI is InChI=1S/C20H21N3O3/c1-23-13-17(12-22-23)20(24)21-11-16-8-9-18(19(10-16)25-2)26-14-15-6-4-3-5-7-15/h3-10,12-13H,11,14H2,1-2H3,(H,21,24). The molecule has 1 heterocycles. The topological polar surface area (TPSA) is 65.4 Å². The minimum absolute atomic E-state index is 0.165. The molecule has 0 aliphatic heterocycles. The van der Waals surface area contributed by atoms with Crippen LogP contribution in [0.1, 0.15) is 21.5 Å². The Labute approximate surface area is 152 Å². The molecule has 2 aromatic carbocycles. The van der Waals surface area contributed by atoms with Gasteiger partial charge in [-0.3, -0.25) is 9.48 Å². The van der Waals surface area contributed by atoms with Crippen molar-refractivity contribution in [2.75, 3.05) is 7.11 Å². The van der Waals surface area contributed by atoms with Crippen LogP contribution in [0.15, 0.2) is 60.9 Å². The highest BCUT2D eigenvalue weighted by Gasteiger charge is 2.10. The number of hydrogen-bond donors (Lipinski definition) is 1. The number of aryl methyl sites for hydroxylation is 1. The lowest BCUT2D eigenvalue weighted by Crippen LogP contribution is -2.22. The van der Waals surface area contributed by atoms with Gasteiger partial charge in [0.2, 0.25) is 0 Å². The van der Waals surface area contributed by atoms with Crippen molar-refractivity contribution in [3.63, 3.8) is 0 Å². The number of rotatable bonds is 7. The maximum absolute atomic E-state index is 12.1. The van der Waals surface area contributed by atoms with Crippen LogP contribution in [0.4, 0.5) is 0 Å². The molecule has 0 saturated heterocycles. The second-order valence-corrected chi connectivity index (χ2v) is 5.84. The predicted molar refractivity (Wildman–Crippen MR) is 98.1 cm³/mol. The lowest BCUT2D eigenvalue weighted by Gasteiger charge is -2.12. The van der Waals surface area contributed by atoms with Gasteiger partial charge in [0.15, 0.2) is 11.5 Å². The normalized spacial score (nSPS) is 10.4. The molecule has 6 heteroatoms. The molecule has 0 bridgehead atoms. The van der Waals surface area contributed by atoms with Gasteiger partial charge in [-0.1, -0.05) is 36.4 Å². The number of carbonyl (C=O) groups excluding carboxylic acids is 1. The lowest BCUT2D eigenvalue weighted by molar-refractivity contribution is 0.0951. The smallest absolute Gasteiger partial charge is 0.254 e. The summed E-state index contributed by atoms with van der Waals surface area (Å²) < 4.78 is 12.9. The number of ether oxygens (including phenoxy) is 2. The summed E-state index contributed by atoms with van der Waals surface area (Å²) in [6.45, 7) is 0.858. The first-order chi connectivity index (χ1) is 12.7. The number of nitrogens with zero attached hydrogens (tertiary/aromatic N) is 2. The van der Waals surface area contributed by atoms with E-state index in [1.165, 1.54) is 6.20 Å². The number of hydrogen-bond acceptors (Lipinski definition) is 4. The van der Waals surface area contributed by atoms with Crippen molar-refractivity contribution >= 4 is 5.91 Å². The summed E-state index contributed by atoms with van der Waals surface area (Å²) in [5.41, 5.74) is 2.54. The van der Waals surface area contributed by atoms with Crippen LogP contribution in [0, 0.1) is 0 Å². The molecule has 0 aliphatic rings. The van der Waals surface area contributed by atoms with Crippen LogP contribution >= 0.6 is 0 Å². The van der Waals surface area contributed by atoms with Crippen molar-refractivity contribution in [1.29, 1.82) is 0 Å². The SMILES string of the molecule is COc1cc(CNC(=O)c2cnn(C)c2)ccc1OCc1ccccc1. The first-order valence-corrected chi connectivity index (χ1v) is 8.26. The van der Waals surface area contributed by atoms with Crippen molar-refractivity contribution < 1.29 is 14.3 Å². The lowest BCUT2D eigenvalue weighted by atomic mass is 10.2. The summed E-state index contributed by atoms with van der Waals surface area (Å²) in [6.07, 6.45) is 3.22. The maximum atomic E-state index is 12.1. The summed E-state index contributed by atoms with van der Waals surface area (Å²) in [4.78, 5) is 12.1. The van der Waals surface area contributed by atoms with E-state index in [-0.39, 0.29) is 5.91 Å². The first-order valence-electron chi connectivity index (χ1n) is 8.26. The van der Waals surface area contributed by atoms with Crippen LogP contribution in [0.3, 0.4) is 0 Å². The van der Waals surface area contributed by atoms with Crippen molar-refractivity contribution in [3.8, 4) is 11.5 Å². The zero-order chi connectivity index (χ0) is 18.4. The fourth-order valence-corrected chi connectivity index (χ4v) is 2.50. The van der Waals surface area contributed by atoms with Crippen molar-refractivity contribution in [2.45, 2.75) is 13.2 Å². The van der Waals surface area contributed by atoms with Crippen molar-refractivity contribution in [2.24, 2.45) is 7.05 Å². The Morgan fingerprint density at radius 1 is 1.12 bits per heavy atom. The molecular formula is C20H21N3O3. The Kier molecular flexibility index (Phi) is 5.53. The molecule has 0 spiro atoms. The third-order valence-electron chi connectivity index (χ3n) is 3.89. The number of benzene rings is 2. The van der Waals surface area contributed by atoms with Gasteiger partial charge < -0.3 is 14.8 Å². The number of aromatic nitrogens is 2. The Morgan fingerprint density at radius 2 is 1.92 bits per heavy atom. The van der Waals surface area contributed by atoms with Crippen LogP contribution in [0.25, 0.3) is 0 Å². The molecule has 0 atom stereocenters. The molecular weight excluding hydrogens is 330 g/mol. The minimum Gasteiger partial charge on any atom is -0.493 e. The molecule has 26 heavy (non-hydrogen) atoms. The number of methoxy groups -OCH3 is 1. The van der Waals surface area contributed by atoms with Gasteiger partial charge in [-0.25, -0.2) is 0 Å². The molecule has 6 nitrogen and oxygen atoms in total. The average Bonchev–Trinajstić information content (AvgIpc) is 3.12. The van der Waals surface area contributed by atoms with E-state index in [0.717, 1.165) is 11.1 Å². The second kappa shape index (κ2) is 8.20. The fraction of sp³-hybridized carbons (Fsp3) is 0.200. The van der Waals surface area contributed by atoms with Crippen LogP contribution in [0.2, 0.25) is 0 Å². The van der Waals surface area contributed by atoms with E-state index >= 15 is 0 Å². The molecule has 0 aliphatic carbocycles. The molecule has 134 valence electrons. The molecule has 0 radical (unpaired) electrons. The molecule has 3 aromatic rings. The monoisotopic (exact) mass is 351 g/mol. The summed E-state index contributed by atoms with van der Waals surface area (Å²) in [6, 6.07) is 15.6. The highest BCUT2D eigenvalue weighted by molar-refractivity contribution is 5.93. The van der Waals surface area contributed by atoms with Crippen LogP contribution in [0.5, 0.6) is 11.5 Å². The van der Waals surface area contributed by atoms with E-state index in [4.69, 9.17) is 9.47 Å². The van der Waals surface area contributed by atoms with E-state index in [9.17, 15) is 4.79 Å². The van der Waals surface area contributed by atoms with Gasteiger partial charge in [0.25, 0.3) is 5.91 Å². The Morgan fingerprint density at radius 3 is 2.62 bits per heavy atom. The molecule has 1 aromatic heterocycles. The number of nitrogens with one attached hydrogen (secondary N) is 1. The Bertz CT molecular complexity index is 875. The third kappa shape index (κ3) is 4.42. The van der Waals surface area contributed by atoms with E-state index in [1.54, 1.807) is 25.0 Å². The van der Waals surface area contributed by atoms with Gasteiger partial charge in [0.05, 0.1) is 18.9 Å². The largest absolute Gasteiger partial charge is 0.493 e. The third-order valence-corrected chi connectivity index (χ3v) is 3.89. The van der Waals surface area contributed by atoms with E-state index in [2.05, 4.69) is 10.4 Å². The van der Waals surface area contributed by atoms with E-state index in [1.807, 2.05) is 48.5 Å². The Hall–Kier alpha value is -3.28. The van der Waals surface area contributed by atoms with Crippen molar-refractivity contribution in [1.82, 2.24) is 15.1 Å². The second-order valence-electron chi connectivity index (χ2n) is 5.84. The summed E-state index contributed by atoms with van der Waals surface area (Å²) in [5, 5.41) is 6.86. The maximum Gasteiger partial charge on any atom is 0.254 e. The highest BCUT2D eigenvalue weighted by atomic mass is 16.5. The van der Waals surface area contributed by atoms with E-state index < -0.39 is 0 Å². The van der Waals surface area contributed by atoms with Gasteiger partial charge in [0.1, 0.15) is 6.61 Å². The van der Waals surface area contributed by atoms with Crippen molar-refractivity contribution in [3.05, 3.63) is 77.6 Å². The molecule has 1 N–H and O–H groups in total. The number of amides is 1. The van der Waals surface area contributed by atoms with Gasteiger partial charge in [-0.15, -0.1) is 0 Å². The minimum atomic E-state index is -0.165. The van der Waals surface area contributed by atoms with Crippen LogP contribution < -0.4 is 14.8 Å². The fourth-order valence-electron chi connectivity index (χ4n) is 2.50. The molecule has 0 fully saturated rings. The zero-order valence-electron chi connectivity index (χ0n) is 14.8. The summed E-state index contributed by atoms with van der Waals surface area (Å²) >= 11 is 0. The van der Waals surface area contributed by atoms with Crippen LogP contribution in [-0.4, -0.2) is 22.8 Å². The molecule has 3 rings (SSSR count).